The molecule has 0 saturated heterocycles. The third-order valence-electron chi connectivity index (χ3n) is 5.53. The SMILES string of the molecule is Cc1cc2c(cc1C(F)(F)F)N[C@H](c1ccc(C(=O)O)cc1)[C@H]1CC=C[C@@H]21. The lowest BCUT2D eigenvalue weighted by atomic mass is 9.76. The largest absolute Gasteiger partial charge is 0.478 e. The number of rotatable bonds is 2. The van der Waals surface area contributed by atoms with Crippen molar-refractivity contribution >= 4 is 11.7 Å². The normalized spacial score (nSPS) is 23.5. The quantitative estimate of drug-likeness (QED) is 0.680. The molecular weight excluding hydrogens is 355 g/mol. The van der Waals surface area contributed by atoms with Gasteiger partial charge in [0.2, 0.25) is 0 Å². The summed E-state index contributed by atoms with van der Waals surface area (Å²) >= 11 is 0. The van der Waals surface area contributed by atoms with Crippen LogP contribution in [-0.4, -0.2) is 11.1 Å². The van der Waals surface area contributed by atoms with Crippen molar-refractivity contribution in [3.8, 4) is 0 Å². The van der Waals surface area contributed by atoms with E-state index in [4.69, 9.17) is 5.11 Å². The minimum atomic E-state index is -4.40. The highest BCUT2D eigenvalue weighted by Gasteiger charge is 2.40. The zero-order chi connectivity index (χ0) is 19.3. The zero-order valence-electron chi connectivity index (χ0n) is 14.5. The molecule has 0 bridgehead atoms. The predicted octanol–water partition coefficient (Wildman–Crippen LogP) is 5.54. The van der Waals surface area contributed by atoms with Gasteiger partial charge in [-0.3, -0.25) is 0 Å². The molecule has 6 heteroatoms. The summed E-state index contributed by atoms with van der Waals surface area (Å²) in [6, 6.07) is 9.20. The third-order valence-corrected chi connectivity index (χ3v) is 5.53. The Morgan fingerprint density at radius 1 is 1.19 bits per heavy atom. The van der Waals surface area contributed by atoms with Crippen LogP contribution in [0.5, 0.6) is 0 Å². The fraction of sp³-hybridized carbons (Fsp3) is 0.286. The van der Waals surface area contributed by atoms with Gasteiger partial charge in [-0.2, -0.15) is 13.2 Å². The van der Waals surface area contributed by atoms with Crippen molar-refractivity contribution in [3.05, 3.63) is 76.4 Å². The highest BCUT2D eigenvalue weighted by molar-refractivity contribution is 5.87. The highest BCUT2D eigenvalue weighted by Crippen LogP contribution is 2.51. The van der Waals surface area contributed by atoms with Gasteiger partial charge in [-0.05, 0) is 54.2 Å². The van der Waals surface area contributed by atoms with Crippen molar-refractivity contribution in [3.63, 3.8) is 0 Å². The second kappa shape index (κ2) is 6.15. The number of allylic oxidation sites excluding steroid dienone is 2. The molecule has 0 fully saturated rings. The number of hydrogen-bond donors (Lipinski definition) is 2. The summed E-state index contributed by atoms with van der Waals surface area (Å²) in [5.41, 5.74) is 2.04. The van der Waals surface area contributed by atoms with Gasteiger partial charge < -0.3 is 10.4 Å². The molecule has 3 atom stereocenters. The number of aromatic carboxylic acids is 1. The Morgan fingerprint density at radius 3 is 2.52 bits per heavy atom. The second-order valence-corrected chi connectivity index (χ2v) is 7.15. The molecule has 2 aromatic rings. The Labute approximate surface area is 154 Å². The molecule has 0 spiro atoms. The number of alkyl halides is 3. The first kappa shape index (κ1) is 17.6. The van der Waals surface area contributed by atoms with Crippen LogP contribution in [0.2, 0.25) is 0 Å². The molecular formula is C21H18F3NO2. The topological polar surface area (TPSA) is 49.3 Å². The Hall–Kier alpha value is -2.76. The van der Waals surface area contributed by atoms with Gasteiger partial charge in [-0.1, -0.05) is 30.4 Å². The van der Waals surface area contributed by atoms with E-state index in [1.807, 2.05) is 0 Å². The fourth-order valence-electron chi connectivity index (χ4n) is 4.22. The molecule has 1 heterocycles. The van der Waals surface area contributed by atoms with E-state index in [0.717, 1.165) is 17.5 Å². The Morgan fingerprint density at radius 2 is 1.89 bits per heavy atom. The van der Waals surface area contributed by atoms with Crippen LogP contribution in [0.3, 0.4) is 0 Å². The van der Waals surface area contributed by atoms with E-state index in [9.17, 15) is 18.0 Å². The molecule has 140 valence electrons. The number of fused-ring (bicyclic) bond motifs is 3. The van der Waals surface area contributed by atoms with Crippen LogP contribution in [0.1, 0.15) is 51.0 Å². The first-order chi connectivity index (χ1) is 12.8. The van der Waals surface area contributed by atoms with Crippen molar-refractivity contribution in [1.29, 1.82) is 0 Å². The smallest absolute Gasteiger partial charge is 0.416 e. The molecule has 4 rings (SSSR count). The number of halogens is 3. The average Bonchev–Trinajstić information content (AvgIpc) is 3.10. The standard InChI is InChI=1S/C21H18F3NO2/c1-11-9-16-14-3-2-4-15(14)19(12-5-7-13(8-6-12)20(26)27)25-18(16)10-17(11)21(22,23)24/h2-3,5-10,14-15,19,25H,4H2,1H3,(H,26,27)/t14-,15+,19-/m1/s1. The maximum absolute atomic E-state index is 13.3. The predicted molar refractivity (Wildman–Crippen MR) is 95.9 cm³/mol. The molecule has 27 heavy (non-hydrogen) atoms. The number of carboxylic acids is 1. The van der Waals surface area contributed by atoms with Crippen LogP contribution in [-0.2, 0) is 6.18 Å². The lowest BCUT2D eigenvalue weighted by Crippen LogP contribution is -2.29. The van der Waals surface area contributed by atoms with Gasteiger partial charge in [0, 0.05) is 11.6 Å². The maximum atomic E-state index is 13.3. The van der Waals surface area contributed by atoms with E-state index in [1.165, 1.54) is 25.1 Å². The van der Waals surface area contributed by atoms with Crippen LogP contribution >= 0.6 is 0 Å². The molecule has 0 amide bonds. The molecule has 0 aromatic heterocycles. The first-order valence-corrected chi connectivity index (χ1v) is 8.74. The van der Waals surface area contributed by atoms with Crippen molar-refractivity contribution < 1.29 is 23.1 Å². The van der Waals surface area contributed by atoms with E-state index >= 15 is 0 Å². The zero-order valence-corrected chi connectivity index (χ0v) is 14.5. The molecule has 2 aromatic carbocycles. The molecule has 0 saturated carbocycles. The van der Waals surface area contributed by atoms with Crippen LogP contribution in [0.4, 0.5) is 18.9 Å². The van der Waals surface area contributed by atoms with Crippen LogP contribution in [0, 0.1) is 12.8 Å². The number of benzene rings is 2. The van der Waals surface area contributed by atoms with Crippen LogP contribution in [0.25, 0.3) is 0 Å². The summed E-state index contributed by atoms with van der Waals surface area (Å²) in [5, 5.41) is 12.4. The summed E-state index contributed by atoms with van der Waals surface area (Å²) in [6.45, 7) is 1.49. The van der Waals surface area contributed by atoms with E-state index in [1.54, 1.807) is 18.2 Å². The van der Waals surface area contributed by atoms with Crippen molar-refractivity contribution in [1.82, 2.24) is 0 Å². The van der Waals surface area contributed by atoms with Crippen LogP contribution < -0.4 is 5.32 Å². The summed E-state index contributed by atoms with van der Waals surface area (Å²) in [7, 11) is 0. The molecule has 3 nitrogen and oxygen atoms in total. The third kappa shape index (κ3) is 2.99. The fourth-order valence-corrected chi connectivity index (χ4v) is 4.22. The molecule has 0 radical (unpaired) electrons. The summed E-state index contributed by atoms with van der Waals surface area (Å²) in [6.07, 6.45) is 0.553. The molecule has 1 aliphatic carbocycles. The highest BCUT2D eigenvalue weighted by atomic mass is 19.4. The lowest BCUT2D eigenvalue weighted by Gasteiger charge is -2.38. The van der Waals surface area contributed by atoms with Gasteiger partial charge in [0.05, 0.1) is 17.2 Å². The Bertz CT molecular complexity index is 932. The van der Waals surface area contributed by atoms with Gasteiger partial charge in [0.25, 0.3) is 0 Å². The number of aryl methyl sites for hydroxylation is 1. The Balaban J connectivity index is 1.77. The van der Waals surface area contributed by atoms with Gasteiger partial charge in [-0.15, -0.1) is 0 Å². The molecule has 2 N–H and O–H groups in total. The van der Waals surface area contributed by atoms with E-state index < -0.39 is 17.7 Å². The number of hydrogen-bond acceptors (Lipinski definition) is 2. The maximum Gasteiger partial charge on any atom is 0.416 e. The number of anilines is 1. The number of carboxylic acid groups (broad SMARTS) is 1. The monoisotopic (exact) mass is 373 g/mol. The second-order valence-electron chi connectivity index (χ2n) is 7.15. The van der Waals surface area contributed by atoms with E-state index in [-0.39, 0.29) is 29.0 Å². The minimum absolute atomic E-state index is 0.0476. The molecule has 0 unspecified atom stereocenters. The first-order valence-electron chi connectivity index (χ1n) is 8.74. The summed E-state index contributed by atoms with van der Waals surface area (Å²) in [4.78, 5) is 11.1. The molecule has 1 aliphatic heterocycles. The van der Waals surface area contributed by atoms with Gasteiger partial charge in [-0.25, -0.2) is 4.79 Å². The lowest BCUT2D eigenvalue weighted by molar-refractivity contribution is -0.138. The van der Waals surface area contributed by atoms with Gasteiger partial charge in [0.15, 0.2) is 0 Å². The van der Waals surface area contributed by atoms with Crippen molar-refractivity contribution in [2.45, 2.75) is 31.5 Å². The van der Waals surface area contributed by atoms with E-state index in [0.29, 0.717) is 5.69 Å². The number of nitrogens with one attached hydrogen (secondary N) is 1. The van der Waals surface area contributed by atoms with E-state index in [2.05, 4.69) is 17.5 Å². The average molecular weight is 373 g/mol. The van der Waals surface area contributed by atoms with Gasteiger partial charge >= 0.3 is 12.1 Å². The number of carbonyl (C=O) groups is 1. The Kier molecular flexibility index (Phi) is 4.02. The summed E-state index contributed by atoms with van der Waals surface area (Å²) in [5.74, 6) is -0.773. The molecule has 2 aliphatic rings. The van der Waals surface area contributed by atoms with Crippen LogP contribution in [0.15, 0.2) is 48.6 Å². The summed E-state index contributed by atoms with van der Waals surface area (Å²) < 4.78 is 40.0. The van der Waals surface area contributed by atoms with Crippen molar-refractivity contribution in [2.24, 2.45) is 5.92 Å². The van der Waals surface area contributed by atoms with Crippen molar-refractivity contribution in [2.75, 3.05) is 5.32 Å². The van der Waals surface area contributed by atoms with Gasteiger partial charge in [0.1, 0.15) is 0 Å². The minimum Gasteiger partial charge on any atom is -0.478 e.